The van der Waals surface area contributed by atoms with Gasteiger partial charge in [0.05, 0.1) is 11.6 Å². The fourth-order valence-corrected chi connectivity index (χ4v) is 4.33. The number of aryl methyl sites for hydroxylation is 1. The first-order chi connectivity index (χ1) is 14.8. The molecule has 0 aliphatic carbocycles. The van der Waals surface area contributed by atoms with Crippen LogP contribution in [0.25, 0.3) is 0 Å². The van der Waals surface area contributed by atoms with E-state index in [1.165, 1.54) is 0 Å². The van der Waals surface area contributed by atoms with Crippen molar-refractivity contribution in [3.05, 3.63) is 107 Å². The molecule has 3 aromatic carbocycles. The summed E-state index contributed by atoms with van der Waals surface area (Å²) in [5, 5.41) is 0. The van der Waals surface area contributed by atoms with Crippen LogP contribution in [0.3, 0.4) is 0 Å². The molecule has 3 aromatic rings. The first-order valence-corrected chi connectivity index (χ1v) is 9.26. The normalized spacial score (nSPS) is 26.2. The number of rotatable bonds is 2. The Kier molecular flexibility index (Phi) is 2.76. The van der Waals surface area contributed by atoms with Crippen LogP contribution >= 0.6 is 0 Å². The van der Waals surface area contributed by atoms with E-state index < -0.39 is 18.9 Å². The SMILES string of the molecule is [2H]C1(c2ccccc2)C2=C(C)N(c3ccccc3C)C(C([2H])([2H])[2H])N2c2ccccc21. The number of benzene rings is 3. The van der Waals surface area contributed by atoms with E-state index in [4.69, 9.17) is 4.11 Å². The summed E-state index contributed by atoms with van der Waals surface area (Å²) < 4.78 is 35.1. The van der Waals surface area contributed by atoms with Crippen LogP contribution in [0, 0.1) is 6.92 Å². The molecule has 2 aliphatic heterocycles. The summed E-state index contributed by atoms with van der Waals surface area (Å²) in [7, 11) is 0. The Morgan fingerprint density at radius 1 is 0.778 bits per heavy atom. The highest BCUT2D eigenvalue weighted by Gasteiger charge is 2.45. The van der Waals surface area contributed by atoms with Crippen LogP contribution in [0.4, 0.5) is 11.4 Å². The highest BCUT2D eigenvalue weighted by atomic mass is 15.4. The highest BCUT2D eigenvalue weighted by Crippen LogP contribution is 2.53. The molecule has 2 aliphatic rings. The quantitative estimate of drug-likeness (QED) is 0.552. The van der Waals surface area contributed by atoms with Gasteiger partial charge in [0.25, 0.3) is 0 Å². The maximum Gasteiger partial charge on any atom is 0.108 e. The van der Waals surface area contributed by atoms with Crippen molar-refractivity contribution in [2.45, 2.75) is 32.8 Å². The molecule has 0 saturated carbocycles. The summed E-state index contributed by atoms with van der Waals surface area (Å²) in [4.78, 5) is 3.78. The van der Waals surface area contributed by atoms with Crippen molar-refractivity contribution in [1.29, 1.82) is 0 Å². The van der Waals surface area contributed by atoms with Crippen LogP contribution in [-0.4, -0.2) is 6.17 Å². The number of hydrogen-bond donors (Lipinski definition) is 0. The summed E-state index contributed by atoms with van der Waals surface area (Å²) in [6.07, 6.45) is -0.916. The van der Waals surface area contributed by atoms with Crippen molar-refractivity contribution in [3.8, 4) is 0 Å². The van der Waals surface area contributed by atoms with E-state index in [1.807, 2.05) is 103 Å². The maximum absolute atomic E-state index is 9.75. The zero-order chi connectivity index (χ0) is 22.0. The van der Waals surface area contributed by atoms with Crippen molar-refractivity contribution in [2.75, 3.05) is 9.80 Å². The predicted molar refractivity (Wildman–Crippen MR) is 113 cm³/mol. The molecule has 0 saturated heterocycles. The number of allylic oxidation sites excluding steroid dienone is 2. The summed E-state index contributed by atoms with van der Waals surface area (Å²) in [6, 6.07) is 25.3. The van der Waals surface area contributed by atoms with Crippen molar-refractivity contribution in [1.82, 2.24) is 0 Å². The molecule has 2 unspecified atom stereocenters. The van der Waals surface area contributed by atoms with E-state index >= 15 is 0 Å². The molecule has 2 heterocycles. The maximum atomic E-state index is 9.75. The molecule has 2 atom stereocenters. The van der Waals surface area contributed by atoms with Crippen LogP contribution in [0.5, 0.6) is 0 Å². The fraction of sp³-hybridized carbons (Fsp3) is 0.200. The Labute approximate surface area is 167 Å². The molecule has 0 aromatic heterocycles. The van der Waals surface area contributed by atoms with Gasteiger partial charge in [0.1, 0.15) is 6.17 Å². The largest absolute Gasteiger partial charge is 0.322 e. The fourth-order valence-electron chi connectivity index (χ4n) is 4.33. The van der Waals surface area contributed by atoms with Gasteiger partial charge < -0.3 is 9.80 Å². The van der Waals surface area contributed by atoms with Gasteiger partial charge in [0.15, 0.2) is 0 Å². The lowest BCUT2D eigenvalue weighted by molar-refractivity contribution is 0.730. The summed E-state index contributed by atoms with van der Waals surface area (Å²) >= 11 is 0. The first kappa shape index (κ1) is 12.4. The first-order valence-electron chi connectivity index (χ1n) is 11.3. The van der Waals surface area contributed by atoms with Crippen molar-refractivity contribution >= 4 is 11.4 Å². The van der Waals surface area contributed by atoms with Gasteiger partial charge in [-0.05, 0) is 49.5 Å². The third-order valence-corrected chi connectivity index (χ3v) is 5.54. The molecule has 2 nitrogen and oxygen atoms in total. The summed E-state index contributed by atoms with van der Waals surface area (Å²) in [5.74, 6) is -1.19. The average Bonchev–Trinajstić information content (AvgIpc) is 3.21. The third kappa shape index (κ3) is 2.26. The number of hydrogen-bond acceptors (Lipinski definition) is 2. The van der Waals surface area contributed by atoms with Crippen molar-refractivity contribution in [2.24, 2.45) is 0 Å². The Bertz CT molecular complexity index is 1190. The molecule has 134 valence electrons. The van der Waals surface area contributed by atoms with Crippen LogP contribution in [0.1, 0.15) is 41.8 Å². The average molecular weight is 357 g/mol. The third-order valence-electron chi connectivity index (χ3n) is 5.54. The van der Waals surface area contributed by atoms with Crippen LogP contribution < -0.4 is 9.80 Å². The van der Waals surface area contributed by atoms with Crippen LogP contribution in [0.15, 0.2) is 90.3 Å². The molecule has 0 amide bonds. The van der Waals surface area contributed by atoms with Gasteiger partial charge in [-0.25, -0.2) is 0 Å². The second kappa shape index (κ2) is 6.02. The Hall–Kier alpha value is -3.00. The Balaban J connectivity index is 1.84. The zero-order valence-corrected chi connectivity index (χ0v) is 15.5. The van der Waals surface area contributed by atoms with Crippen LogP contribution in [0.2, 0.25) is 0 Å². The minimum Gasteiger partial charge on any atom is -0.322 e. The lowest BCUT2D eigenvalue weighted by Gasteiger charge is -2.32. The summed E-state index contributed by atoms with van der Waals surface area (Å²) in [5.41, 5.74) is 5.80. The smallest absolute Gasteiger partial charge is 0.108 e. The second-order valence-corrected chi connectivity index (χ2v) is 7.09. The minimum atomic E-state index is -2.29. The lowest BCUT2D eigenvalue weighted by atomic mass is 9.90. The predicted octanol–water partition coefficient (Wildman–Crippen LogP) is 6.04. The van der Waals surface area contributed by atoms with Crippen molar-refractivity contribution < 1.29 is 5.48 Å². The van der Waals surface area contributed by atoms with Gasteiger partial charge in [-0.2, -0.15) is 0 Å². The molecule has 2 heteroatoms. The van der Waals surface area contributed by atoms with E-state index in [0.29, 0.717) is 5.70 Å². The molecule has 0 bridgehead atoms. The molecule has 0 radical (unpaired) electrons. The van der Waals surface area contributed by atoms with Crippen molar-refractivity contribution in [3.63, 3.8) is 0 Å². The van der Waals surface area contributed by atoms with Gasteiger partial charge in [0.2, 0.25) is 0 Å². The van der Waals surface area contributed by atoms with Gasteiger partial charge in [0, 0.05) is 22.6 Å². The Morgan fingerprint density at radius 3 is 2.19 bits per heavy atom. The monoisotopic (exact) mass is 356 g/mol. The molecular weight excluding hydrogens is 328 g/mol. The highest BCUT2D eigenvalue weighted by molar-refractivity contribution is 5.78. The van der Waals surface area contributed by atoms with E-state index in [-0.39, 0.29) is 0 Å². The van der Waals surface area contributed by atoms with E-state index in [9.17, 15) is 1.37 Å². The number of para-hydroxylation sites is 2. The number of anilines is 2. The molecule has 0 N–H and O–H groups in total. The van der Waals surface area contributed by atoms with Gasteiger partial charge in [-0.15, -0.1) is 0 Å². The minimum absolute atomic E-state index is 0.712. The molecule has 27 heavy (non-hydrogen) atoms. The standard InChI is InChI=1S/C25H24N2/c1-17-11-7-9-15-22(17)26-18(2)25-24(20-12-5-4-6-13-20)21-14-8-10-16-23(21)27(25)19(26)3/h4-16,19,24H,1-3H3/i3D3,24D. The molecular formula is C25H24N2. The van der Waals surface area contributed by atoms with Gasteiger partial charge in [-0.1, -0.05) is 66.7 Å². The zero-order valence-electron chi connectivity index (χ0n) is 19.5. The van der Waals surface area contributed by atoms with E-state index in [2.05, 4.69) is 0 Å². The topological polar surface area (TPSA) is 6.48 Å². The second-order valence-electron chi connectivity index (χ2n) is 7.09. The lowest BCUT2D eigenvalue weighted by Crippen LogP contribution is -2.37. The molecule has 5 rings (SSSR count). The number of nitrogens with zero attached hydrogens (tertiary/aromatic N) is 2. The molecule has 0 fully saturated rings. The molecule has 0 spiro atoms. The number of fused-ring (bicyclic) bond motifs is 3. The van der Waals surface area contributed by atoms with E-state index in [0.717, 1.165) is 33.8 Å². The van der Waals surface area contributed by atoms with Gasteiger partial charge in [-0.3, -0.25) is 0 Å². The van der Waals surface area contributed by atoms with Crippen LogP contribution in [-0.2, 0) is 0 Å². The summed E-state index contributed by atoms with van der Waals surface area (Å²) in [6.45, 7) is 1.64. The van der Waals surface area contributed by atoms with E-state index in [1.54, 1.807) is 0 Å². The van der Waals surface area contributed by atoms with Gasteiger partial charge >= 0.3 is 0 Å². The Morgan fingerprint density at radius 2 is 1.44 bits per heavy atom.